The van der Waals surface area contributed by atoms with Gasteiger partial charge in [-0.2, -0.15) is 0 Å². The summed E-state index contributed by atoms with van der Waals surface area (Å²) in [5.41, 5.74) is 1.04. The highest BCUT2D eigenvalue weighted by atomic mass is 32.1. The van der Waals surface area contributed by atoms with Gasteiger partial charge in [-0.3, -0.25) is 9.59 Å². The van der Waals surface area contributed by atoms with E-state index >= 15 is 0 Å². The van der Waals surface area contributed by atoms with E-state index in [0.29, 0.717) is 52.5 Å². The molecule has 1 aromatic heterocycles. The Morgan fingerprint density at radius 3 is 2.33 bits per heavy atom. The van der Waals surface area contributed by atoms with Crippen LogP contribution in [0.25, 0.3) is 11.3 Å². The molecule has 0 unspecified atom stereocenters. The number of carbonyl (C=O) groups is 2. The molecule has 1 saturated carbocycles. The van der Waals surface area contributed by atoms with E-state index in [9.17, 15) is 18.4 Å². The second-order valence-electron chi connectivity index (χ2n) is 9.31. The quantitative estimate of drug-likeness (QED) is 0.399. The van der Waals surface area contributed by atoms with Crippen LogP contribution in [0.15, 0.2) is 48.5 Å². The average molecular weight is 512 g/mol. The lowest BCUT2D eigenvalue weighted by Gasteiger charge is -2.24. The van der Waals surface area contributed by atoms with Gasteiger partial charge < -0.3 is 15.0 Å². The molecule has 2 fully saturated rings. The molecule has 1 saturated heterocycles. The third-order valence-corrected chi connectivity index (χ3v) is 7.63. The van der Waals surface area contributed by atoms with Crippen molar-refractivity contribution in [2.24, 2.45) is 5.92 Å². The van der Waals surface area contributed by atoms with Gasteiger partial charge in [0, 0.05) is 18.5 Å². The number of aromatic nitrogens is 1. The Bertz CT molecular complexity index is 1220. The van der Waals surface area contributed by atoms with Crippen LogP contribution in [0.2, 0.25) is 0 Å². The first kappa shape index (κ1) is 24.4. The van der Waals surface area contributed by atoms with Crippen molar-refractivity contribution >= 4 is 28.3 Å². The fourth-order valence-corrected chi connectivity index (χ4v) is 5.80. The standard InChI is InChI=1S/C27H27F2N3O3S/c28-19-9-7-18(8-10-19)24-26(35-21-13-11-20(29)12-14-21)36-27(30-24)31-25(34)22-6-3-15-32(22)23(33)16-17-4-1-2-5-17/h7-14,17,22H,1-6,15-16H2,(H,30,31,34)/t22-/m0/s1. The zero-order chi connectivity index (χ0) is 25.1. The maximum Gasteiger partial charge on any atom is 0.248 e. The lowest BCUT2D eigenvalue weighted by Crippen LogP contribution is -2.43. The summed E-state index contributed by atoms with van der Waals surface area (Å²) in [6.07, 6.45) is 6.40. The molecular weight excluding hydrogens is 484 g/mol. The largest absolute Gasteiger partial charge is 0.444 e. The van der Waals surface area contributed by atoms with Crippen molar-refractivity contribution < 1.29 is 23.1 Å². The second kappa shape index (κ2) is 10.7. The van der Waals surface area contributed by atoms with E-state index < -0.39 is 6.04 Å². The number of benzene rings is 2. The van der Waals surface area contributed by atoms with E-state index in [1.807, 2.05) is 0 Å². The van der Waals surface area contributed by atoms with Crippen LogP contribution < -0.4 is 10.1 Å². The number of hydrogen-bond acceptors (Lipinski definition) is 5. The molecule has 1 aliphatic carbocycles. The van der Waals surface area contributed by atoms with Crippen molar-refractivity contribution in [3.8, 4) is 22.1 Å². The van der Waals surface area contributed by atoms with Gasteiger partial charge in [0.2, 0.25) is 16.9 Å². The van der Waals surface area contributed by atoms with Crippen molar-refractivity contribution in [3.63, 3.8) is 0 Å². The monoisotopic (exact) mass is 511 g/mol. The molecule has 1 aliphatic heterocycles. The van der Waals surface area contributed by atoms with Gasteiger partial charge in [0.05, 0.1) is 0 Å². The minimum Gasteiger partial charge on any atom is -0.444 e. The number of rotatable bonds is 7. The number of anilines is 1. The number of thiazole rings is 1. The molecule has 9 heteroatoms. The summed E-state index contributed by atoms with van der Waals surface area (Å²) in [5, 5.41) is 3.55. The first-order valence-corrected chi connectivity index (χ1v) is 13.1. The molecule has 2 amide bonds. The number of halogens is 2. The Labute approximate surface area is 212 Å². The zero-order valence-electron chi connectivity index (χ0n) is 19.7. The number of hydrogen-bond donors (Lipinski definition) is 1. The Kier molecular flexibility index (Phi) is 7.27. The number of ether oxygens (including phenoxy) is 1. The molecule has 0 bridgehead atoms. The molecule has 1 N–H and O–H groups in total. The second-order valence-corrected chi connectivity index (χ2v) is 10.3. The van der Waals surface area contributed by atoms with Crippen LogP contribution in [0.3, 0.4) is 0 Å². The Hall–Kier alpha value is -3.33. The van der Waals surface area contributed by atoms with Crippen LogP contribution in [0.1, 0.15) is 44.9 Å². The smallest absolute Gasteiger partial charge is 0.248 e. The van der Waals surface area contributed by atoms with Gasteiger partial charge >= 0.3 is 0 Å². The zero-order valence-corrected chi connectivity index (χ0v) is 20.5. The van der Waals surface area contributed by atoms with Gasteiger partial charge in [-0.25, -0.2) is 13.8 Å². The van der Waals surface area contributed by atoms with Crippen LogP contribution >= 0.6 is 11.3 Å². The molecule has 2 aromatic carbocycles. The molecule has 2 heterocycles. The third-order valence-electron chi connectivity index (χ3n) is 6.78. The van der Waals surface area contributed by atoms with Crippen molar-refractivity contribution in [2.45, 2.75) is 51.0 Å². The number of likely N-dealkylation sites (tertiary alicyclic amines) is 1. The molecule has 5 rings (SSSR count). The summed E-state index contributed by atoms with van der Waals surface area (Å²) < 4.78 is 32.8. The highest BCUT2D eigenvalue weighted by Crippen LogP contribution is 2.41. The average Bonchev–Trinajstić information content (AvgIpc) is 3.63. The highest BCUT2D eigenvalue weighted by Gasteiger charge is 2.35. The number of nitrogens with zero attached hydrogens (tertiary/aromatic N) is 2. The number of nitrogens with one attached hydrogen (secondary N) is 1. The van der Waals surface area contributed by atoms with E-state index in [0.717, 1.165) is 30.6 Å². The number of carbonyl (C=O) groups excluding carboxylic acids is 2. The van der Waals surface area contributed by atoms with E-state index in [2.05, 4.69) is 10.3 Å². The fourth-order valence-electron chi connectivity index (χ4n) is 4.93. The van der Waals surface area contributed by atoms with Crippen LogP contribution in [0.5, 0.6) is 10.8 Å². The predicted octanol–water partition coefficient (Wildman–Crippen LogP) is 6.39. The normalized spacial score (nSPS) is 17.9. The molecule has 0 radical (unpaired) electrons. The van der Waals surface area contributed by atoms with Crippen LogP contribution in [-0.2, 0) is 9.59 Å². The van der Waals surface area contributed by atoms with Gasteiger partial charge in [0.25, 0.3) is 0 Å². The first-order valence-electron chi connectivity index (χ1n) is 12.3. The third kappa shape index (κ3) is 5.56. The Balaban J connectivity index is 1.34. The van der Waals surface area contributed by atoms with Gasteiger partial charge in [-0.05, 0) is 80.1 Å². The van der Waals surface area contributed by atoms with Crippen LogP contribution in [-0.4, -0.2) is 34.3 Å². The molecule has 188 valence electrons. The van der Waals surface area contributed by atoms with E-state index in [-0.39, 0.29) is 23.4 Å². The van der Waals surface area contributed by atoms with Crippen molar-refractivity contribution in [1.29, 1.82) is 0 Å². The molecule has 6 nitrogen and oxygen atoms in total. The molecule has 1 atom stereocenters. The molecule has 36 heavy (non-hydrogen) atoms. The topological polar surface area (TPSA) is 71.5 Å². The minimum atomic E-state index is -0.529. The molecule has 3 aromatic rings. The Morgan fingerprint density at radius 1 is 0.972 bits per heavy atom. The van der Waals surface area contributed by atoms with Crippen molar-refractivity contribution in [2.75, 3.05) is 11.9 Å². The van der Waals surface area contributed by atoms with Crippen LogP contribution in [0.4, 0.5) is 13.9 Å². The van der Waals surface area contributed by atoms with E-state index in [1.165, 1.54) is 49.2 Å². The summed E-state index contributed by atoms with van der Waals surface area (Å²) in [6, 6.07) is 10.8. The lowest BCUT2D eigenvalue weighted by molar-refractivity contribution is -0.137. The van der Waals surface area contributed by atoms with Gasteiger partial charge in [-0.15, -0.1) is 0 Å². The summed E-state index contributed by atoms with van der Waals surface area (Å²) in [6.45, 7) is 0.585. The number of amides is 2. The molecule has 0 spiro atoms. The SMILES string of the molecule is O=C(Nc1nc(-c2ccc(F)cc2)c(Oc2ccc(F)cc2)s1)[C@@H]1CCCN1C(=O)CC1CCCC1. The van der Waals surface area contributed by atoms with Crippen LogP contribution in [0, 0.1) is 17.6 Å². The first-order chi connectivity index (χ1) is 17.5. The van der Waals surface area contributed by atoms with E-state index in [4.69, 9.17) is 4.74 Å². The summed E-state index contributed by atoms with van der Waals surface area (Å²) in [5.74, 6) is -0.175. The maximum atomic E-state index is 13.5. The predicted molar refractivity (Wildman–Crippen MR) is 134 cm³/mol. The van der Waals surface area contributed by atoms with Crippen molar-refractivity contribution in [3.05, 3.63) is 60.2 Å². The summed E-state index contributed by atoms with van der Waals surface area (Å²) in [7, 11) is 0. The van der Waals surface area contributed by atoms with E-state index in [1.54, 1.807) is 17.0 Å². The molecular formula is C27H27F2N3O3S. The molecule has 2 aliphatic rings. The fraction of sp³-hybridized carbons (Fsp3) is 0.370. The highest BCUT2D eigenvalue weighted by molar-refractivity contribution is 7.18. The maximum absolute atomic E-state index is 13.5. The summed E-state index contributed by atoms with van der Waals surface area (Å²) in [4.78, 5) is 32.4. The van der Waals surface area contributed by atoms with Gasteiger partial charge in [0.1, 0.15) is 29.1 Å². The minimum absolute atomic E-state index is 0.0472. The van der Waals surface area contributed by atoms with Gasteiger partial charge in [-0.1, -0.05) is 24.2 Å². The summed E-state index contributed by atoms with van der Waals surface area (Å²) >= 11 is 1.12. The van der Waals surface area contributed by atoms with Gasteiger partial charge in [0.15, 0.2) is 5.13 Å². The lowest BCUT2D eigenvalue weighted by atomic mass is 10.0. The van der Waals surface area contributed by atoms with Crippen molar-refractivity contribution in [1.82, 2.24) is 9.88 Å². The Morgan fingerprint density at radius 2 is 1.64 bits per heavy atom.